The predicted octanol–water partition coefficient (Wildman–Crippen LogP) is 0.281. The van der Waals surface area contributed by atoms with Crippen molar-refractivity contribution >= 4 is 5.97 Å². The molecule has 1 fully saturated rings. The maximum Gasteiger partial charge on any atom is 0.307 e. The summed E-state index contributed by atoms with van der Waals surface area (Å²) < 4.78 is 4.82. The van der Waals surface area contributed by atoms with E-state index in [2.05, 4.69) is 10.6 Å². The number of carbonyl (C=O) groups is 1. The van der Waals surface area contributed by atoms with Crippen LogP contribution in [-0.4, -0.2) is 38.3 Å². The Kier molecular flexibility index (Phi) is 5.56. The summed E-state index contributed by atoms with van der Waals surface area (Å²) in [7, 11) is 0. The number of ether oxygens (including phenoxy) is 1. The lowest BCUT2D eigenvalue weighted by atomic mass is 10.2. The molecule has 1 heterocycles. The summed E-state index contributed by atoms with van der Waals surface area (Å²) in [6.45, 7) is 5.11. The molecule has 14 heavy (non-hydrogen) atoms. The number of hydrogen-bond acceptors (Lipinski definition) is 4. The molecule has 4 nitrogen and oxygen atoms in total. The highest BCUT2D eigenvalue weighted by atomic mass is 16.5. The van der Waals surface area contributed by atoms with Gasteiger partial charge in [0.1, 0.15) is 0 Å². The van der Waals surface area contributed by atoms with Gasteiger partial charge in [-0.1, -0.05) is 0 Å². The molecular weight excluding hydrogens is 180 g/mol. The number of hydrogen-bond donors (Lipinski definition) is 2. The fourth-order valence-corrected chi connectivity index (χ4v) is 1.63. The van der Waals surface area contributed by atoms with Crippen molar-refractivity contribution in [1.29, 1.82) is 0 Å². The molecule has 0 amide bonds. The van der Waals surface area contributed by atoms with Gasteiger partial charge < -0.3 is 15.4 Å². The third kappa shape index (κ3) is 4.58. The summed E-state index contributed by atoms with van der Waals surface area (Å²) >= 11 is 0. The number of rotatable bonds is 6. The normalized spacial score (nSPS) is 21.1. The standard InChI is InChI=1S/C10H20N2O2/c1-2-14-10(13)5-7-11-8-9-4-3-6-12-9/h9,11-12H,2-8H2,1H3. The molecule has 0 aromatic rings. The fourth-order valence-electron chi connectivity index (χ4n) is 1.63. The Bertz CT molecular complexity index is 168. The van der Waals surface area contributed by atoms with E-state index in [4.69, 9.17) is 4.74 Å². The summed E-state index contributed by atoms with van der Waals surface area (Å²) in [5, 5.41) is 6.64. The zero-order valence-electron chi connectivity index (χ0n) is 8.84. The van der Waals surface area contributed by atoms with Crippen LogP contribution in [0.5, 0.6) is 0 Å². The Hall–Kier alpha value is -0.610. The van der Waals surface area contributed by atoms with E-state index < -0.39 is 0 Å². The van der Waals surface area contributed by atoms with E-state index in [-0.39, 0.29) is 5.97 Å². The van der Waals surface area contributed by atoms with Gasteiger partial charge in [0.05, 0.1) is 13.0 Å². The zero-order chi connectivity index (χ0) is 10.2. The highest BCUT2D eigenvalue weighted by Crippen LogP contribution is 2.02. The van der Waals surface area contributed by atoms with E-state index in [9.17, 15) is 4.79 Å². The summed E-state index contributed by atoms with van der Waals surface area (Å²) in [6.07, 6.45) is 2.98. The summed E-state index contributed by atoms with van der Waals surface area (Å²) in [5.74, 6) is -0.112. The first kappa shape index (κ1) is 11.5. The van der Waals surface area contributed by atoms with Gasteiger partial charge in [-0.25, -0.2) is 0 Å². The quantitative estimate of drug-likeness (QED) is 0.478. The van der Waals surface area contributed by atoms with Gasteiger partial charge in [0.2, 0.25) is 0 Å². The average Bonchev–Trinajstić information content (AvgIpc) is 2.65. The Balaban J connectivity index is 1.90. The molecule has 0 saturated carbocycles. The van der Waals surface area contributed by atoms with Crippen molar-refractivity contribution in [3.05, 3.63) is 0 Å². The van der Waals surface area contributed by atoms with Crippen molar-refractivity contribution in [2.75, 3.05) is 26.2 Å². The first-order valence-electron chi connectivity index (χ1n) is 5.42. The molecular formula is C10H20N2O2. The molecule has 0 spiro atoms. The molecule has 1 aliphatic rings. The second-order valence-corrected chi connectivity index (χ2v) is 3.55. The molecule has 0 aliphatic carbocycles. The molecule has 0 aromatic carbocycles. The molecule has 1 atom stereocenters. The van der Waals surface area contributed by atoms with Gasteiger partial charge in [-0.3, -0.25) is 4.79 Å². The van der Waals surface area contributed by atoms with Gasteiger partial charge in [-0.2, -0.15) is 0 Å². The number of esters is 1. The maximum atomic E-state index is 11.0. The summed E-state index contributed by atoms with van der Waals surface area (Å²) in [5.41, 5.74) is 0. The second-order valence-electron chi connectivity index (χ2n) is 3.55. The van der Waals surface area contributed by atoms with Crippen LogP contribution in [0.25, 0.3) is 0 Å². The van der Waals surface area contributed by atoms with E-state index in [1.165, 1.54) is 12.8 Å². The minimum Gasteiger partial charge on any atom is -0.466 e. The van der Waals surface area contributed by atoms with Crippen LogP contribution in [0, 0.1) is 0 Å². The van der Waals surface area contributed by atoms with Crippen molar-refractivity contribution in [3.63, 3.8) is 0 Å². The van der Waals surface area contributed by atoms with Crippen molar-refractivity contribution in [2.45, 2.75) is 32.2 Å². The second kappa shape index (κ2) is 6.79. The molecule has 1 aliphatic heterocycles. The van der Waals surface area contributed by atoms with Crippen molar-refractivity contribution < 1.29 is 9.53 Å². The van der Waals surface area contributed by atoms with Crippen LogP contribution in [0.2, 0.25) is 0 Å². The van der Waals surface area contributed by atoms with E-state index in [1.54, 1.807) is 0 Å². The molecule has 1 unspecified atom stereocenters. The van der Waals surface area contributed by atoms with Crippen LogP contribution in [0.1, 0.15) is 26.2 Å². The molecule has 2 N–H and O–H groups in total. The topological polar surface area (TPSA) is 50.4 Å². The Morgan fingerprint density at radius 2 is 2.50 bits per heavy atom. The third-order valence-electron chi connectivity index (χ3n) is 2.36. The Morgan fingerprint density at radius 1 is 1.64 bits per heavy atom. The maximum absolute atomic E-state index is 11.0. The lowest BCUT2D eigenvalue weighted by molar-refractivity contribution is -0.142. The average molecular weight is 200 g/mol. The zero-order valence-corrected chi connectivity index (χ0v) is 8.84. The summed E-state index contributed by atoms with van der Waals surface area (Å²) in [6, 6.07) is 0.595. The van der Waals surface area contributed by atoms with Crippen LogP contribution in [-0.2, 0) is 9.53 Å². The SMILES string of the molecule is CCOC(=O)CCNCC1CCCN1. The van der Waals surface area contributed by atoms with Crippen molar-refractivity contribution in [3.8, 4) is 0 Å². The van der Waals surface area contributed by atoms with Gasteiger partial charge in [-0.05, 0) is 26.3 Å². The highest BCUT2D eigenvalue weighted by Gasteiger charge is 2.12. The minimum absolute atomic E-state index is 0.112. The van der Waals surface area contributed by atoms with Crippen molar-refractivity contribution in [1.82, 2.24) is 10.6 Å². The van der Waals surface area contributed by atoms with E-state index >= 15 is 0 Å². The van der Waals surface area contributed by atoms with Gasteiger partial charge in [0, 0.05) is 19.1 Å². The van der Waals surface area contributed by atoms with Gasteiger partial charge >= 0.3 is 5.97 Å². The van der Waals surface area contributed by atoms with Crippen LogP contribution >= 0.6 is 0 Å². The first-order chi connectivity index (χ1) is 6.83. The molecule has 0 aromatic heterocycles. The Morgan fingerprint density at radius 3 is 3.14 bits per heavy atom. The van der Waals surface area contributed by atoms with E-state index in [0.717, 1.165) is 19.6 Å². The lowest BCUT2D eigenvalue weighted by Crippen LogP contribution is -2.34. The first-order valence-corrected chi connectivity index (χ1v) is 5.42. The van der Waals surface area contributed by atoms with Crippen LogP contribution < -0.4 is 10.6 Å². The van der Waals surface area contributed by atoms with Crippen LogP contribution in [0.3, 0.4) is 0 Å². The largest absolute Gasteiger partial charge is 0.466 e. The third-order valence-corrected chi connectivity index (χ3v) is 2.36. The van der Waals surface area contributed by atoms with Gasteiger partial charge in [0.15, 0.2) is 0 Å². The van der Waals surface area contributed by atoms with E-state index in [0.29, 0.717) is 19.1 Å². The van der Waals surface area contributed by atoms with Crippen molar-refractivity contribution in [2.24, 2.45) is 0 Å². The number of carbonyl (C=O) groups excluding carboxylic acids is 1. The smallest absolute Gasteiger partial charge is 0.307 e. The molecule has 4 heteroatoms. The molecule has 0 bridgehead atoms. The van der Waals surface area contributed by atoms with Crippen LogP contribution in [0.4, 0.5) is 0 Å². The lowest BCUT2D eigenvalue weighted by Gasteiger charge is -2.10. The van der Waals surface area contributed by atoms with Crippen LogP contribution in [0.15, 0.2) is 0 Å². The minimum atomic E-state index is -0.112. The summed E-state index contributed by atoms with van der Waals surface area (Å²) in [4.78, 5) is 11.0. The fraction of sp³-hybridized carbons (Fsp3) is 0.900. The van der Waals surface area contributed by atoms with E-state index in [1.807, 2.05) is 6.92 Å². The molecule has 0 radical (unpaired) electrons. The van der Waals surface area contributed by atoms with Gasteiger partial charge in [0.25, 0.3) is 0 Å². The molecule has 1 saturated heterocycles. The number of nitrogens with one attached hydrogen (secondary N) is 2. The van der Waals surface area contributed by atoms with Gasteiger partial charge in [-0.15, -0.1) is 0 Å². The predicted molar refractivity (Wildman–Crippen MR) is 55.1 cm³/mol. The molecule has 82 valence electrons. The monoisotopic (exact) mass is 200 g/mol. The Labute approximate surface area is 85.4 Å². The highest BCUT2D eigenvalue weighted by molar-refractivity contribution is 5.69. The molecule has 1 rings (SSSR count).